The van der Waals surface area contributed by atoms with Crippen molar-refractivity contribution in [3.8, 4) is 0 Å². The number of hydrogen-bond donors (Lipinski definition) is 2. The van der Waals surface area contributed by atoms with E-state index in [-0.39, 0.29) is 23.9 Å². The number of piperazine rings is 1. The third kappa shape index (κ3) is 2.25. The number of aromatic nitrogens is 2. The number of nitrogens with zero attached hydrogens (tertiary/aromatic N) is 2. The fourth-order valence-electron chi connectivity index (χ4n) is 3.14. The van der Waals surface area contributed by atoms with E-state index < -0.39 is 0 Å². The maximum absolute atomic E-state index is 12.3. The molecule has 2 amide bonds. The van der Waals surface area contributed by atoms with Crippen molar-refractivity contribution in [3.63, 3.8) is 0 Å². The maximum atomic E-state index is 12.3. The molecule has 114 valence electrons. The lowest BCUT2D eigenvalue weighted by atomic mass is 10.2. The highest BCUT2D eigenvalue weighted by Crippen LogP contribution is 2.26. The summed E-state index contributed by atoms with van der Waals surface area (Å²) in [4.78, 5) is 33.3. The number of rotatable bonds is 3. The lowest BCUT2D eigenvalue weighted by molar-refractivity contribution is -0.137. The van der Waals surface area contributed by atoms with Crippen molar-refractivity contribution in [3.05, 3.63) is 23.8 Å². The molecule has 2 saturated heterocycles. The highest BCUT2D eigenvalue weighted by molar-refractivity contribution is 7.99. The second-order valence-electron chi connectivity index (χ2n) is 5.85. The Balaban J connectivity index is 1.43. The Kier molecular flexibility index (Phi) is 3.11. The summed E-state index contributed by atoms with van der Waals surface area (Å²) < 4.78 is 0. The van der Waals surface area contributed by atoms with Crippen LogP contribution < -0.4 is 5.32 Å². The minimum atomic E-state index is -0.267. The van der Waals surface area contributed by atoms with Crippen LogP contribution in [0.3, 0.4) is 0 Å². The van der Waals surface area contributed by atoms with Crippen LogP contribution in [0.15, 0.2) is 23.4 Å². The number of fused-ring (bicyclic) bond motifs is 3. The molecule has 1 aromatic carbocycles. The Morgan fingerprint density at radius 2 is 2.36 bits per heavy atom. The molecule has 0 aliphatic carbocycles. The molecule has 0 unspecified atom stereocenters. The van der Waals surface area contributed by atoms with Crippen molar-refractivity contribution in [2.45, 2.75) is 30.6 Å². The van der Waals surface area contributed by atoms with Crippen LogP contribution in [0.5, 0.6) is 0 Å². The van der Waals surface area contributed by atoms with E-state index in [4.69, 9.17) is 0 Å². The number of H-pyrrole nitrogens is 1. The monoisotopic (exact) mass is 316 g/mol. The van der Waals surface area contributed by atoms with Gasteiger partial charge in [0.05, 0.1) is 16.8 Å². The first kappa shape index (κ1) is 13.6. The van der Waals surface area contributed by atoms with E-state index in [2.05, 4.69) is 15.3 Å². The third-order valence-electron chi connectivity index (χ3n) is 4.22. The van der Waals surface area contributed by atoms with Crippen LogP contribution in [-0.4, -0.2) is 51.1 Å². The fourth-order valence-corrected chi connectivity index (χ4v) is 3.91. The Morgan fingerprint density at radius 1 is 1.50 bits per heavy atom. The van der Waals surface area contributed by atoms with Crippen molar-refractivity contribution in [1.29, 1.82) is 0 Å². The first-order chi connectivity index (χ1) is 10.6. The van der Waals surface area contributed by atoms with Crippen molar-refractivity contribution >= 4 is 34.6 Å². The molecule has 1 aromatic heterocycles. The molecule has 2 aliphatic heterocycles. The predicted octanol–water partition coefficient (Wildman–Crippen LogP) is 1.06. The lowest BCUT2D eigenvalue weighted by Crippen LogP contribution is -2.50. The van der Waals surface area contributed by atoms with E-state index in [1.807, 2.05) is 25.1 Å². The van der Waals surface area contributed by atoms with E-state index >= 15 is 0 Å². The van der Waals surface area contributed by atoms with E-state index in [0.29, 0.717) is 12.3 Å². The topological polar surface area (TPSA) is 78.1 Å². The summed E-state index contributed by atoms with van der Waals surface area (Å²) in [5, 5.41) is 3.62. The molecule has 0 spiro atoms. The number of hydrogen-bond acceptors (Lipinski definition) is 4. The molecular formula is C15H16N4O2S. The zero-order valence-corrected chi connectivity index (χ0v) is 12.9. The van der Waals surface area contributed by atoms with Gasteiger partial charge in [-0.1, -0.05) is 17.8 Å². The molecule has 0 saturated carbocycles. The number of carbonyl (C=O) groups is 2. The van der Waals surface area contributed by atoms with Crippen LogP contribution in [0.4, 0.5) is 0 Å². The number of aryl methyl sites for hydroxylation is 1. The molecule has 2 N–H and O–H groups in total. The normalized spacial score (nSPS) is 23.3. The number of amides is 2. The molecular weight excluding hydrogens is 300 g/mol. The Morgan fingerprint density at radius 3 is 3.14 bits per heavy atom. The molecule has 3 heterocycles. The van der Waals surface area contributed by atoms with Crippen LogP contribution in [-0.2, 0) is 9.59 Å². The highest BCUT2D eigenvalue weighted by atomic mass is 32.2. The smallest absolute Gasteiger partial charge is 0.243 e. The number of aromatic amines is 1. The Hall–Kier alpha value is -2.02. The van der Waals surface area contributed by atoms with Crippen LogP contribution in [0.1, 0.15) is 12.0 Å². The van der Waals surface area contributed by atoms with Gasteiger partial charge in [0, 0.05) is 12.6 Å². The molecule has 22 heavy (non-hydrogen) atoms. The Labute approximate surface area is 131 Å². The molecule has 2 atom stereocenters. The molecule has 7 heteroatoms. The van der Waals surface area contributed by atoms with Crippen LogP contribution >= 0.6 is 11.8 Å². The number of thioether (sulfide) groups is 1. The SMILES string of the molecule is Cc1ccc2nc(SCC(=O)N3C[C@@H]4C[C@H]3C(=O)N4)[nH]c2c1. The van der Waals surface area contributed by atoms with Gasteiger partial charge in [0.25, 0.3) is 0 Å². The van der Waals surface area contributed by atoms with Crippen LogP contribution in [0, 0.1) is 6.92 Å². The summed E-state index contributed by atoms with van der Waals surface area (Å²) in [6, 6.07) is 5.90. The number of imidazole rings is 1. The highest BCUT2D eigenvalue weighted by Gasteiger charge is 2.45. The average Bonchev–Trinajstić information content (AvgIpc) is 3.16. The van der Waals surface area contributed by atoms with Crippen LogP contribution in [0.25, 0.3) is 11.0 Å². The van der Waals surface area contributed by atoms with Crippen LogP contribution in [0.2, 0.25) is 0 Å². The zero-order valence-electron chi connectivity index (χ0n) is 12.1. The maximum Gasteiger partial charge on any atom is 0.243 e. The van der Waals surface area contributed by atoms with E-state index in [1.165, 1.54) is 17.3 Å². The molecule has 2 fully saturated rings. The van der Waals surface area contributed by atoms with Gasteiger partial charge < -0.3 is 15.2 Å². The van der Waals surface area contributed by atoms with E-state index in [0.717, 1.165) is 22.6 Å². The van der Waals surface area contributed by atoms with E-state index in [9.17, 15) is 9.59 Å². The van der Waals surface area contributed by atoms with Gasteiger partial charge in [-0.05, 0) is 31.0 Å². The number of nitrogens with one attached hydrogen (secondary N) is 2. The minimum absolute atomic E-state index is 0.00369. The van der Waals surface area contributed by atoms with Crippen molar-refractivity contribution in [2.24, 2.45) is 0 Å². The molecule has 2 aliphatic rings. The summed E-state index contributed by atoms with van der Waals surface area (Å²) in [7, 11) is 0. The second-order valence-corrected chi connectivity index (χ2v) is 6.82. The zero-order chi connectivity index (χ0) is 15.3. The van der Waals surface area contributed by atoms with Gasteiger partial charge in [-0.3, -0.25) is 9.59 Å². The van der Waals surface area contributed by atoms with Gasteiger partial charge in [-0.25, -0.2) is 4.98 Å². The predicted molar refractivity (Wildman–Crippen MR) is 83.6 cm³/mol. The number of carbonyl (C=O) groups excluding carboxylic acids is 2. The summed E-state index contributed by atoms with van der Waals surface area (Å²) in [5.41, 5.74) is 3.05. The largest absolute Gasteiger partial charge is 0.350 e. The quantitative estimate of drug-likeness (QED) is 0.830. The summed E-state index contributed by atoms with van der Waals surface area (Å²) in [6.45, 7) is 2.67. The minimum Gasteiger partial charge on any atom is -0.350 e. The molecule has 0 radical (unpaired) electrons. The van der Waals surface area contributed by atoms with Crippen molar-refractivity contribution in [1.82, 2.24) is 20.2 Å². The first-order valence-corrected chi connectivity index (χ1v) is 8.28. The second kappa shape index (κ2) is 5.01. The lowest BCUT2D eigenvalue weighted by Gasteiger charge is -2.26. The molecule has 2 bridgehead atoms. The van der Waals surface area contributed by atoms with Gasteiger partial charge in [0.2, 0.25) is 11.8 Å². The summed E-state index contributed by atoms with van der Waals surface area (Å²) in [5.74, 6) is 0.285. The third-order valence-corrected chi connectivity index (χ3v) is 5.08. The number of likely N-dealkylation sites (tertiary alicyclic amines) is 1. The summed E-state index contributed by atoms with van der Waals surface area (Å²) >= 11 is 1.39. The van der Waals surface area contributed by atoms with Crippen molar-refractivity contribution < 1.29 is 9.59 Å². The molecule has 4 rings (SSSR count). The first-order valence-electron chi connectivity index (χ1n) is 7.29. The van der Waals surface area contributed by atoms with Gasteiger partial charge in [0.15, 0.2) is 5.16 Å². The summed E-state index contributed by atoms with van der Waals surface area (Å²) in [6.07, 6.45) is 0.749. The van der Waals surface area contributed by atoms with E-state index in [1.54, 1.807) is 4.90 Å². The van der Waals surface area contributed by atoms with Gasteiger partial charge in [-0.15, -0.1) is 0 Å². The van der Waals surface area contributed by atoms with Gasteiger partial charge in [-0.2, -0.15) is 0 Å². The standard InChI is InChI=1S/C15H16N4O2S/c1-8-2-3-10-11(4-8)18-15(17-10)22-7-13(20)19-6-9-5-12(19)14(21)16-9/h2-4,9,12H,5-7H2,1H3,(H,16,21)(H,17,18)/t9-,12-/m0/s1. The molecule has 2 aromatic rings. The van der Waals surface area contributed by atoms with Gasteiger partial charge >= 0.3 is 0 Å². The van der Waals surface area contributed by atoms with Gasteiger partial charge in [0.1, 0.15) is 6.04 Å². The number of benzene rings is 1. The Bertz CT molecular complexity index is 772. The fraction of sp³-hybridized carbons (Fsp3) is 0.400. The molecule has 6 nitrogen and oxygen atoms in total. The van der Waals surface area contributed by atoms with Crippen molar-refractivity contribution in [2.75, 3.05) is 12.3 Å². The average molecular weight is 316 g/mol.